The lowest BCUT2D eigenvalue weighted by atomic mass is 9.94. The number of likely N-dealkylation sites (tertiary alicyclic amines) is 1. The number of rotatable bonds is 4. The average molecular weight is 262 g/mol. The molecule has 1 aromatic carbocycles. The number of nitrogens with two attached hydrogens (primary N) is 1. The van der Waals surface area contributed by atoms with Crippen molar-refractivity contribution >= 4 is 11.6 Å². The van der Waals surface area contributed by atoms with Gasteiger partial charge in [-0.2, -0.15) is 0 Å². The summed E-state index contributed by atoms with van der Waals surface area (Å²) in [4.78, 5) is 14.2. The van der Waals surface area contributed by atoms with Crippen LogP contribution in [0.5, 0.6) is 0 Å². The molecule has 1 aliphatic heterocycles. The number of carbonyl (C=O) groups excluding carboxylic acids is 1. The van der Waals surface area contributed by atoms with E-state index in [-0.39, 0.29) is 12.5 Å². The van der Waals surface area contributed by atoms with Crippen LogP contribution in [-0.2, 0) is 11.2 Å². The van der Waals surface area contributed by atoms with Gasteiger partial charge in [-0.25, -0.2) is 0 Å². The molecule has 0 aliphatic carbocycles. The summed E-state index contributed by atoms with van der Waals surface area (Å²) in [7, 11) is 0. The Balaban J connectivity index is 1.94. The van der Waals surface area contributed by atoms with Crippen LogP contribution in [-0.4, -0.2) is 35.6 Å². The third kappa shape index (κ3) is 3.70. The minimum atomic E-state index is 0.139. The summed E-state index contributed by atoms with van der Waals surface area (Å²) in [6.45, 7) is 1.80. The van der Waals surface area contributed by atoms with Crippen LogP contribution in [0.3, 0.4) is 0 Å². The number of benzene rings is 1. The average Bonchev–Trinajstić information content (AvgIpc) is 2.42. The summed E-state index contributed by atoms with van der Waals surface area (Å²) in [5.41, 5.74) is 7.45. The third-order valence-corrected chi connectivity index (χ3v) is 3.81. The van der Waals surface area contributed by atoms with Crippen molar-refractivity contribution in [3.05, 3.63) is 29.8 Å². The second-order valence-electron chi connectivity index (χ2n) is 5.24. The van der Waals surface area contributed by atoms with Crippen LogP contribution in [0, 0.1) is 5.92 Å². The summed E-state index contributed by atoms with van der Waals surface area (Å²) < 4.78 is 0. The molecule has 2 rings (SSSR count). The lowest BCUT2D eigenvalue weighted by Gasteiger charge is -2.32. The predicted octanol–water partition coefficient (Wildman–Crippen LogP) is 1.43. The second kappa shape index (κ2) is 6.57. The largest absolute Gasteiger partial charge is 0.398 e. The Kier molecular flexibility index (Phi) is 4.80. The fourth-order valence-electron chi connectivity index (χ4n) is 2.68. The molecule has 0 spiro atoms. The first-order chi connectivity index (χ1) is 9.20. The highest BCUT2D eigenvalue weighted by atomic mass is 16.3. The Hall–Kier alpha value is -1.55. The van der Waals surface area contributed by atoms with Crippen molar-refractivity contribution in [2.24, 2.45) is 5.92 Å². The highest BCUT2D eigenvalue weighted by Gasteiger charge is 2.23. The molecule has 19 heavy (non-hydrogen) atoms. The van der Waals surface area contributed by atoms with Gasteiger partial charge in [0.05, 0.1) is 6.42 Å². The smallest absolute Gasteiger partial charge is 0.227 e. The van der Waals surface area contributed by atoms with Gasteiger partial charge in [0.15, 0.2) is 0 Å². The van der Waals surface area contributed by atoms with Gasteiger partial charge in [-0.3, -0.25) is 4.79 Å². The van der Waals surface area contributed by atoms with Gasteiger partial charge in [0, 0.05) is 25.4 Å². The minimum Gasteiger partial charge on any atom is -0.398 e. The number of aliphatic hydroxyl groups is 1. The normalized spacial score (nSPS) is 19.4. The van der Waals surface area contributed by atoms with Crippen molar-refractivity contribution in [1.82, 2.24) is 4.90 Å². The maximum atomic E-state index is 12.3. The number of carbonyl (C=O) groups is 1. The lowest BCUT2D eigenvalue weighted by molar-refractivity contribution is -0.132. The van der Waals surface area contributed by atoms with Crippen molar-refractivity contribution in [3.8, 4) is 0 Å². The number of para-hydroxylation sites is 1. The van der Waals surface area contributed by atoms with E-state index in [4.69, 9.17) is 10.8 Å². The molecule has 1 heterocycles. The Labute approximate surface area is 114 Å². The zero-order valence-corrected chi connectivity index (χ0v) is 11.2. The quantitative estimate of drug-likeness (QED) is 0.807. The molecule has 1 amide bonds. The Morgan fingerprint density at radius 1 is 1.42 bits per heavy atom. The van der Waals surface area contributed by atoms with Crippen LogP contribution >= 0.6 is 0 Å². The third-order valence-electron chi connectivity index (χ3n) is 3.81. The van der Waals surface area contributed by atoms with E-state index in [1.807, 2.05) is 29.2 Å². The van der Waals surface area contributed by atoms with E-state index in [2.05, 4.69) is 0 Å². The summed E-state index contributed by atoms with van der Waals surface area (Å²) >= 11 is 0. The summed E-state index contributed by atoms with van der Waals surface area (Å²) in [5, 5.41) is 8.99. The molecule has 1 fully saturated rings. The number of nitrogen functional groups attached to an aromatic ring is 1. The van der Waals surface area contributed by atoms with E-state index >= 15 is 0 Å². The van der Waals surface area contributed by atoms with Gasteiger partial charge in [0.2, 0.25) is 5.91 Å². The van der Waals surface area contributed by atoms with E-state index in [1.165, 1.54) is 0 Å². The first kappa shape index (κ1) is 13.9. The van der Waals surface area contributed by atoms with E-state index in [0.717, 1.165) is 37.9 Å². The SMILES string of the molecule is Nc1ccccc1CC(=O)N1CCCC(CCO)C1. The van der Waals surface area contributed by atoms with Gasteiger partial charge in [-0.15, -0.1) is 0 Å². The highest BCUT2D eigenvalue weighted by Crippen LogP contribution is 2.21. The molecule has 4 nitrogen and oxygen atoms in total. The molecular formula is C15H22N2O2. The topological polar surface area (TPSA) is 66.6 Å². The number of hydrogen-bond acceptors (Lipinski definition) is 3. The van der Waals surface area contributed by atoms with Crippen molar-refractivity contribution in [2.45, 2.75) is 25.7 Å². The molecule has 1 aromatic rings. The number of piperidine rings is 1. The number of anilines is 1. The first-order valence-corrected chi connectivity index (χ1v) is 6.92. The van der Waals surface area contributed by atoms with Gasteiger partial charge in [0.25, 0.3) is 0 Å². The molecule has 0 radical (unpaired) electrons. The van der Waals surface area contributed by atoms with Gasteiger partial charge in [0.1, 0.15) is 0 Å². The van der Waals surface area contributed by atoms with Crippen LogP contribution in [0.1, 0.15) is 24.8 Å². The van der Waals surface area contributed by atoms with Crippen LogP contribution in [0.4, 0.5) is 5.69 Å². The molecule has 0 saturated carbocycles. The summed E-state index contributed by atoms with van der Waals surface area (Å²) in [6.07, 6.45) is 3.30. The molecular weight excluding hydrogens is 240 g/mol. The van der Waals surface area contributed by atoms with E-state index in [9.17, 15) is 4.79 Å². The highest BCUT2D eigenvalue weighted by molar-refractivity contribution is 5.80. The Morgan fingerprint density at radius 2 is 2.21 bits per heavy atom. The molecule has 4 heteroatoms. The molecule has 1 atom stereocenters. The minimum absolute atomic E-state index is 0.139. The van der Waals surface area contributed by atoms with Crippen molar-refractivity contribution in [3.63, 3.8) is 0 Å². The van der Waals surface area contributed by atoms with Crippen LogP contribution < -0.4 is 5.73 Å². The van der Waals surface area contributed by atoms with E-state index < -0.39 is 0 Å². The van der Waals surface area contributed by atoms with Crippen molar-refractivity contribution in [1.29, 1.82) is 0 Å². The fourth-order valence-corrected chi connectivity index (χ4v) is 2.68. The molecule has 3 N–H and O–H groups in total. The first-order valence-electron chi connectivity index (χ1n) is 6.92. The van der Waals surface area contributed by atoms with Crippen molar-refractivity contribution < 1.29 is 9.90 Å². The van der Waals surface area contributed by atoms with E-state index in [0.29, 0.717) is 18.0 Å². The van der Waals surface area contributed by atoms with Gasteiger partial charge in [-0.1, -0.05) is 18.2 Å². The summed E-state index contributed by atoms with van der Waals surface area (Å²) in [5.74, 6) is 0.580. The molecule has 0 bridgehead atoms. The predicted molar refractivity (Wildman–Crippen MR) is 75.6 cm³/mol. The number of hydrogen-bond donors (Lipinski definition) is 2. The fraction of sp³-hybridized carbons (Fsp3) is 0.533. The maximum Gasteiger partial charge on any atom is 0.227 e. The van der Waals surface area contributed by atoms with Gasteiger partial charge >= 0.3 is 0 Å². The van der Waals surface area contributed by atoms with Gasteiger partial charge in [-0.05, 0) is 36.8 Å². The summed E-state index contributed by atoms with van der Waals surface area (Å²) in [6, 6.07) is 7.51. The molecule has 1 unspecified atom stereocenters. The van der Waals surface area contributed by atoms with Crippen LogP contribution in [0.15, 0.2) is 24.3 Å². The van der Waals surface area contributed by atoms with Crippen LogP contribution in [0.2, 0.25) is 0 Å². The van der Waals surface area contributed by atoms with Gasteiger partial charge < -0.3 is 15.7 Å². The molecule has 1 saturated heterocycles. The Morgan fingerprint density at radius 3 is 2.95 bits per heavy atom. The number of amides is 1. The number of nitrogens with zero attached hydrogens (tertiary/aromatic N) is 1. The van der Waals surface area contributed by atoms with Crippen LogP contribution in [0.25, 0.3) is 0 Å². The number of aliphatic hydroxyl groups excluding tert-OH is 1. The lowest BCUT2D eigenvalue weighted by Crippen LogP contribution is -2.41. The van der Waals surface area contributed by atoms with E-state index in [1.54, 1.807) is 0 Å². The molecule has 104 valence electrons. The zero-order chi connectivity index (χ0) is 13.7. The standard InChI is InChI=1S/C15H22N2O2/c16-14-6-2-1-5-13(14)10-15(19)17-8-3-4-12(11-17)7-9-18/h1-2,5-6,12,18H,3-4,7-11,16H2. The monoisotopic (exact) mass is 262 g/mol. The van der Waals surface area contributed by atoms with Crippen molar-refractivity contribution in [2.75, 3.05) is 25.4 Å². The molecule has 1 aliphatic rings. The maximum absolute atomic E-state index is 12.3. The Bertz CT molecular complexity index is 432. The second-order valence-corrected chi connectivity index (χ2v) is 5.24. The molecule has 0 aromatic heterocycles. The zero-order valence-electron chi connectivity index (χ0n) is 11.2.